The maximum atomic E-state index is 15.8. The normalized spacial score (nSPS) is 15.5. The van der Waals surface area contributed by atoms with Gasteiger partial charge in [0.25, 0.3) is 0 Å². The van der Waals surface area contributed by atoms with Gasteiger partial charge in [0.15, 0.2) is 17.5 Å². The molecule has 0 spiro atoms. The van der Waals surface area contributed by atoms with E-state index in [1.54, 1.807) is 12.3 Å². The zero-order chi connectivity index (χ0) is 35.3. The highest BCUT2D eigenvalue weighted by atomic mass is 19.2. The molecule has 1 saturated heterocycles. The Morgan fingerprint density at radius 1 is 1.00 bits per heavy atom. The molecule has 7 rings (SSSR count). The zero-order valence-electron chi connectivity index (χ0n) is 26.5. The molecule has 1 aliphatic rings. The summed E-state index contributed by atoms with van der Waals surface area (Å²) in [6, 6.07) is 10.9. The lowest BCUT2D eigenvalue weighted by Crippen LogP contribution is -2.27. The van der Waals surface area contributed by atoms with E-state index in [-0.39, 0.29) is 52.8 Å². The van der Waals surface area contributed by atoms with Gasteiger partial charge >= 0.3 is 5.97 Å². The van der Waals surface area contributed by atoms with Crippen molar-refractivity contribution < 1.29 is 41.3 Å². The number of nitrogens with zero attached hydrogens (tertiary/aromatic N) is 6. The molecule has 1 N–H and O–H groups in total. The number of hydrogen-bond acceptors (Lipinski definition) is 7. The van der Waals surface area contributed by atoms with Gasteiger partial charge in [0, 0.05) is 40.7 Å². The van der Waals surface area contributed by atoms with Crippen molar-refractivity contribution in [1.82, 2.24) is 29.5 Å². The number of halogens is 5. The van der Waals surface area contributed by atoms with Gasteiger partial charge in [0.1, 0.15) is 29.6 Å². The third kappa shape index (κ3) is 5.93. The fourth-order valence-electron chi connectivity index (χ4n) is 6.05. The van der Waals surface area contributed by atoms with Crippen LogP contribution in [0.5, 0.6) is 5.88 Å². The highest BCUT2D eigenvalue weighted by Gasteiger charge is 2.39. The monoisotopic (exact) mass is 690 g/mol. The number of carbonyl (C=O) groups is 1. The maximum Gasteiger partial charge on any atom is 0.335 e. The standard InChI is InChI=1S/C35H27F5N6O4/c1-35(2)17-49-16-28(35)46-27-11-19(34(47)48)10-25(38)33(27)43-29(46)14-21-24(37)13-22(32(40)31(21)39)26-4-3-5-30(42-26)50-15-18-6-7-20(12-23(18)36)45-9-8-41-44-45/h3-13,28H,14-17H2,1-2H3,(H,47,48). The van der Waals surface area contributed by atoms with Crippen molar-refractivity contribution in [3.8, 4) is 22.8 Å². The van der Waals surface area contributed by atoms with Crippen molar-refractivity contribution in [2.24, 2.45) is 5.41 Å². The maximum absolute atomic E-state index is 15.8. The molecule has 1 atom stereocenters. The molecule has 256 valence electrons. The Balaban J connectivity index is 1.19. The van der Waals surface area contributed by atoms with Crippen LogP contribution in [0.4, 0.5) is 22.0 Å². The van der Waals surface area contributed by atoms with Crippen LogP contribution < -0.4 is 4.74 Å². The van der Waals surface area contributed by atoms with Gasteiger partial charge in [-0.15, -0.1) is 5.10 Å². The van der Waals surface area contributed by atoms with Crippen LogP contribution >= 0.6 is 0 Å². The van der Waals surface area contributed by atoms with E-state index >= 15 is 17.6 Å². The Morgan fingerprint density at radius 2 is 1.82 bits per heavy atom. The van der Waals surface area contributed by atoms with Crippen LogP contribution in [0.15, 0.2) is 67.0 Å². The Morgan fingerprint density at radius 3 is 2.52 bits per heavy atom. The van der Waals surface area contributed by atoms with E-state index in [0.717, 1.165) is 12.1 Å². The molecule has 0 aliphatic carbocycles. The van der Waals surface area contributed by atoms with E-state index in [0.29, 0.717) is 12.3 Å². The van der Waals surface area contributed by atoms with E-state index in [1.807, 2.05) is 13.8 Å². The number of benzene rings is 3. The first-order valence-corrected chi connectivity index (χ1v) is 15.3. The second-order valence-electron chi connectivity index (χ2n) is 12.5. The summed E-state index contributed by atoms with van der Waals surface area (Å²) >= 11 is 0. The molecule has 6 aromatic rings. The van der Waals surface area contributed by atoms with Gasteiger partial charge in [0.2, 0.25) is 5.88 Å². The summed E-state index contributed by atoms with van der Waals surface area (Å²) in [6.07, 6.45) is 2.42. The lowest BCUT2D eigenvalue weighted by Gasteiger charge is -2.28. The molecule has 50 heavy (non-hydrogen) atoms. The molecule has 1 aliphatic heterocycles. The number of rotatable bonds is 9. The SMILES string of the molecule is CC1(C)COCC1n1c(Cc2c(F)cc(-c3cccc(OCc4ccc(-n5ccnn5)cc4F)n3)c(F)c2F)nc2c(F)cc(C(=O)O)cc21. The Bertz CT molecular complexity index is 2270. The molecule has 1 unspecified atom stereocenters. The number of aromatic carboxylic acids is 1. The largest absolute Gasteiger partial charge is 0.478 e. The van der Waals surface area contributed by atoms with Gasteiger partial charge in [-0.3, -0.25) is 0 Å². The molecule has 3 aromatic carbocycles. The number of carboxylic acid groups (broad SMARTS) is 1. The summed E-state index contributed by atoms with van der Waals surface area (Å²) in [5.41, 5.74) is -1.65. The third-order valence-electron chi connectivity index (χ3n) is 8.72. The second-order valence-corrected chi connectivity index (χ2v) is 12.5. The van der Waals surface area contributed by atoms with Crippen molar-refractivity contribution in [2.75, 3.05) is 13.2 Å². The Hall–Kier alpha value is -5.70. The van der Waals surface area contributed by atoms with E-state index in [9.17, 15) is 14.3 Å². The predicted octanol–water partition coefficient (Wildman–Crippen LogP) is 6.84. The summed E-state index contributed by atoms with van der Waals surface area (Å²) in [6.45, 7) is 3.97. The van der Waals surface area contributed by atoms with Gasteiger partial charge < -0.3 is 19.1 Å². The molecular weight excluding hydrogens is 663 g/mol. The topological polar surface area (TPSA) is 117 Å². The second kappa shape index (κ2) is 12.6. The first kappa shape index (κ1) is 32.8. The van der Waals surface area contributed by atoms with Gasteiger partial charge in [-0.2, -0.15) is 0 Å². The highest BCUT2D eigenvalue weighted by molar-refractivity contribution is 5.93. The number of aromatic nitrogens is 6. The molecule has 4 heterocycles. The van der Waals surface area contributed by atoms with Gasteiger partial charge in [-0.1, -0.05) is 31.2 Å². The number of pyridine rings is 1. The molecular formula is C35H27F5N6O4. The van der Waals surface area contributed by atoms with E-state index in [4.69, 9.17) is 9.47 Å². The van der Waals surface area contributed by atoms with Crippen LogP contribution in [0.3, 0.4) is 0 Å². The molecule has 0 radical (unpaired) electrons. The number of hydrogen-bond donors (Lipinski definition) is 1. The van der Waals surface area contributed by atoms with E-state index in [2.05, 4.69) is 20.3 Å². The van der Waals surface area contributed by atoms with Crippen LogP contribution in [-0.4, -0.2) is 53.8 Å². The molecule has 10 nitrogen and oxygen atoms in total. The average Bonchev–Trinajstić information content (AvgIpc) is 3.83. The van der Waals surface area contributed by atoms with Gasteiger partial charge in [-0.05, 0) is 30.3 Å². The summed E-state index contributed by atoms with van der Waals surface area (Å²) < 4.78 is 91.3. The number of carboxylic acids is 1. The van der Waals surface area contributed by atoms with Crippen molar-refractivity contribution in [2.45, 2.75) is 32.9 Å². The van der Waals surface area contributed by atoms with E-state index < -0.39 is 64.1 Å². The molecule has 1 fully saturated rings. The molecule has 3 aromatic heterocycles. The summed E-state index contributed by atoms with van der Waals surface area (Å²) in [5, 5.41) is 17.1. The fraction of sp³-hybridized carbons (Fsp3) is 0.229. The number of imidazole rings is 1. The Kier molecular flexibility index (Phi) is 8.30. The highest BCUT2D eigenvalue weighted by Crippen LogP contribution is 2.41. The molecule has 15 heteroatoms. The lowest BCUT2D eigenvalue weighted by molar-refractivity contribution is 0.0696. The van der Waals surface area contributed by atoms with Crippen molar-refractivity contribution >= 4 is 17.0 Å². The zero-order valence-corrected chi connectivity index (χ0v) is 26.5. The van der Waals surface area contributed by atoms with Gasteiger partial charge in [-0.25, -0.2) is 41.4 Å². The summed E-state index contributed by atoms with van der Waals surface area (Å²) in [4.78, 5) is 20.2. The molecule has 0 saturated carbocycles. The smallest absolute Gasteiger partial charge is 0.335 e. The number of fused-ring (bicyclic) bond motifs is 1. The van der Waals surface area contributed by atoms with Crippen LogP contribution in [-0.2, 0) is 17.8 Å². The van der Waals surface area contributed by atoms with Crippen LogP contribution in [0.25, 0.3) is 28.0 Å². The molecule has 0 bridgehead atoms. The lowest BCUT2D eigenvalue weighted by atomic mass is 9.87. The minimum absolute atomic E-state index is 0.00922. The first-order chi connectivity index (χ1) is 23.9. The first-order valence-electron chi connectivity index (χ1n) is 15.3. The summed E-state index contributed by atoms with van der Waals surface area (Å²) in [7, 11) is 0. The summed E-state index contributed by atoms with van der Waals surface area (Å²) in [5.74, 6) is -6.96. The third-order valence-corrected chi connectivity index (χ3v) is 8.72. The van der Waals surface area contributed by atoms with Crippen molar-refractivity contribution in [1.29, 1.82) is 0 Å². The van der Waals surface area contributed by atoms with Crippen LogP contribution in [0.1, 0.15) is 47.2 Å². The van der Waals surface area contributed by atoms with Crippen LogP contribution in [0, 0.1) is 34.5 Å². The molecule has 0 amide bonds. The minimum atomic E-state index is -1.50. The number of ether oxygens (including phenoxy) is 2. The minimum Gasteiger partial charge on any atom is -0.478 e. The quantitative estimate of drug-likeness (QED) is 0.130. The van der Waals surface area contributed by atoms with E-state index in [1.165, 1.54) is 51.8 Å². The van der Waals surface area contributed by atoms with Crippen molar-refractivity contribution in [3.05, 3.63) is 119 Å². The van der Waals surface area contributed by atoms with Crippen molar-refractivity contribution in [3.63, 3.8) is 0 Å². The average molecular weight is 691 g/mol. The fourth-order valence-corrected chi connectivity index (χ4v) is 6.05. The van der Waals surface area contributed by atoms with Gasteiger partial charge in [0.05, 0.1) is 54.1 Å². The van der Waals surface area contributed by atoms with Crippen LogP contribution in [0.2, 0.25) is 0 Å². The predicted molar refractivity (Wildman–Crippen MR) is 168 cm³/mol. The Labute approximate surface area is 280 Å².